The lowest BCUT2D eigenvalue weighted by molar-refractivity contribution is 0.837. The van der Waals surface area contributed by atoms with Crippen molar-refractivity contribution in [3.63, 3.8) is 0 Å². The first-order chi connectivity index (χ1) is 9.25. The average Bonchev–Trinajstić information content (AvgIpc) is 2.83. The second-order valence-electron chi connectivity index (χ2n) is 4.58. The van der Waals surface area contributed by atoms with Crippen molar-refractivity contribution in [3.8, 4) is 0 Å². The molecular formula is C16H15N3. The van der Waals surface area contributed by atoms with Gasteiger partial charge in [-0.3, -0.25) is 5.41 Å². The summed E-state index contributed by atoms with van der Waals surface area (Å²) in [5, 5.41) is 8.65. The Kier molecular flexibility index (Phi) is 2.80. The number of fused-ring (bicyclic) bond motifs is 1. The van der Waals surface area contributed by atoms with E-state index < -0.39 is 0 Å². The van der Waals surface area contributed by atoms with Crippen molar-refractivity contribution in [2.24, 2.45) is 5.73 Å². The number of rotatable bonds is 3. The SMILES string of the molecule is N=C(N)c1cccc2c1ccn2Cc1ccccc1. The Morgan fingerprint density at radius 2 is 1.79 bits per heavy atom. The minimum Gasteiger partial charge on any atom is -0.384 e. The van der Waals surface area contributed by atoms with Gasteiger partial charge in [-0.05, 0) is 17.7 Å². The van der Waals surface area contributed by atoms with Crippen molar-refractivity contribution < 1.29 is 0 Å². The minimum atomic E-state index is 0.114. The number of benzene rings is 2. The van der Waals surface area contributed by atoms with Crippen LogP contribution in [0.2, 0.25) is 0 Å². The Balaban J connectivity index is 2.07. The summed E-state index contributed by atoms with van der Waals surface area (Å²) >= 11 is 0. The summed E-state index contributed by atoms with van der Waals surface area (Å²) in [7, 11) is 0. The van der Waals surface area contributed by atoms with Crippen molar-refractivity contribution in [3.05, 3.63) is 71.9 Å². The van der Waals surface area contributed by atoms with E-state index in [9.17, 15) is 0 Å². The van der Waals surface area contributed by atoms with Gasteiger partial charge in [0.15, 0.2) is 0 Å². The van der Waals surface area contributed by atoms with Gasteiger partial charge in [0.2, 0.25) is 0 Å². The van der Waals surface area contributed by atoms with Crippen LogP contribution in [-0.2, 0) is 6.54 Å². The Labute approximate surface area is 111 Å². The Morgan fingerprint density at radius 1 is 1.00 bits per heavy atom. The number of aromatic nitrogens is 1. The first kappa shape index (κ1) is 11.5. The van der Waals surface area contributed by atoms with E-state index in [4.69, 9.17) is 11.1 Å². The van der Waals surface area contributed by atoms with Crippen LogP contribution in [0.5, 0.6) is 0 Å². The maximum atomic E-state index is 7.62. The van der Waals surface area contributed by atoms with Crippen LogP contribution >= 0.6 is 0 Å². The van der Waals surface area contributed by atoms with Gasteiger partial charge in [-0.2, -0.15) is 0 Å². The summed E-state index contributed by atoms with van der Waals surface area (Å²) in [5.74, 6) is 0.114. The normalized spacial score (nSPS) is 10.7. The standard InChI is InChI=1S/C16H15N3/c17-16(18)14-7-4-8-15-13(14)9-10-19(15)11-12-5-2-1-3-6-12/h1-10H,11H2,(H3,17,18). The number of nitrogen functional groups attached to an aromatic ring is 1. The van der Waals surface area contributed by atoms with Gasteiger partial charge in [-0.25, -0.2) is 0 Å². The molecule has 0 aliphatic heterocycles. The molecule has 0 bridgehead atoms. The average molecular weight is 249 g/mol. The third-order valence-corrected chi connectivity index (χ3v) is 3.30. The molecule has 0 fully saturated rings. The molecule has 3 aromatic rings. The summed E-state index contributed by atoms with van der Waals surface area (Å²) in [5.41, 5.74) is 8.78. The number of nitrogens with two attached hydrogens (primary N) is 1. The second-order valence-corrected chi connectivity index (χ2v) is 4.58. The lowest BCUT2D eigenvalue weighted by Gasteiger charge is -2.07. The monoisotopic (exact) mass is 249 g/mol. The Hall–Kier alpha value is -2.55. The largest absolute Gasteiger partial charge is 0.384 e. The van der Waals surface area contributed by atoms with Crippen molar-refractivity contribution in [1.29, 1.82) is 5.41 Å². The van der Waals surface area contributed by atoms with E-state index >= 15 is 0 Å². The molecule has 3 nitrogen and oxygen atoms in total. The molecule has 19 heavy (non-hydrogen) atoms. The second kappa shape index (κ2) is 4.61. The molecule has 1 aromatic heterocycles. The fourth-order valence-electron chi connectivity index (χ4n) is 2.38. The van der Waals surface area contributed by atoms with E-state index in [1.54, 1.807) is 0 Å². The number of amidine groups is 1. The molecule has 3 heteroatoms. The molecule has 0 saturated heterocycles. The summed E-state index contributed by atoms with van der Waals surface area (Å²) in [6.07, 6.45) is 2.05. The van der Waals surface area contributed by atoms with Crippen LogP contribution in [0.4, 0.5) is 0 Å². The zero-order valence-electron chi connectivity index (χ0n) is 10.5. The van der Waals surface area contributed by atoms with Gasteiger partial charge >= 0.3 is 0 Å². The first-order valence-corrected chi connectivity index (χ1v) is 6.22. The summed E-state index contributed by atoms with van der Waals surface area (Å²) in [6.45, 7) is 0.825. The Morgan fingerprint density at radius 3 is 2.53 bits per heavy atom. The summed E-state index contributed by atoms with van der Waals surface area (Å²) in [6, 6.07) is 18.2. The van der Waals surface area contributed by atoms with E-state index in [-0.39, 0.29) is 5.84 Å². The molecule has 0 atom stereocenters. The maximum Gasteiger partial charge on any atom is 0.123 e. The predicted molar refractivity (Wildman–Crippen MR) is 78.5 cm³/mol. The summed E-state index contributed by atoms with van der Waals surface area (Å²) in [4.78, 5) is 0. The highest BCUT2D eigenvalue weighted by Crippen LogP contribution is 2.21. The van der Waals surface area contributed by atoms with Crippen molar-refractivity contribution in [1.82, 2.24) is 4.57 Å². The molecule has 3 rings (SSSR count). The molecule has 1 heterocycles. The van der Waals surface area contributed by atoms with Crippen LogP contribution in [0, 0.1) is 5.41 Å². The zero-order valence-corrected chi connectivity index (χ0v) is 10.5. The molecule has 0 amide bonds. The molecule has 0 saturated carbocycles. The lowest BCUT2D eigenvalue weighted by Crippen LogP contribution is -2.11. The van der Waals surface area contributed by atoms with Gasteiger partial charge in [-0.1, -0.05) is 42.5 Å². The van der Waals surface area contributed by atoms with Gasteiger partial charge in [0.05, 0.1) is 0 Å². The smallest absolute Gasteiger partial charge is 0.123 e. The fraction of sp³-hybridized carbons (Fsp3) is 0.0625. The van der Waals surface area contributed by atoms with Crippen molar-refractivity contribution in [2.75, 3.05) is 0 Å². The number of nitrogens with zero attached hydrogens (tertiary/aromatic N) is 1. The molecule has 94 valence electrons. The van der Waals surface area contributed by atoms with Crippen LogP contribution in [-0.4, -0.2) is 10.4 Å². The van der Waals surface area contributed by atoms with E-state index in [2.05, 4.69) is 22.8 Å². The van der Waals surface area contributed by atoms with Crippen LogP contribution in [0.25, 0.3) is 10.9 Å². The minimum absolute atomic E-state index is 0.114. The molecule has 2 aromatic carbocycles. The molecule has 0 radical (unpaired) electrons. The predicted octanol–water partition coefficient (Wildman–Crippen LogP) is 2.97. The topological polar surface area (TPSA) is 54.8 Å². The van der Waals surface area contributed by atoms with Gasteiger partial charge in [0.1, 0.15) is 5.84 Å². The molecule has 3 N–H and O–H groups in total. The van der Waals surface area contributed by atoms with E-state index in [0.717, 1.165) is 23.0 Å². The highest BCUT2D eigenvalue weighted by molar-refractivity contribution is 6.07. The van der Waals surface area contributed by atoms with Crippen LogP contribution in [0.1, 0.15) is 11.1 Å². The molecule has 0 aliphatic carbocycles. The lowest BCUT2D eigenvalue weighted by atomic mass is 10.1. The molecular weight excluding hydrogens is 234 g/mol. The van der Waals surface area contributed by atoms with Crippen LogP contribution < -0.4 is 5.73 Å². The quantitative estimate of drug-likeness (QED) is 0.544. The molecule has 0 unspecified atom stereocenters. The van der Waals surface area contributed by atoms with Crippen LogP contribution in [0.3, 0.4) is 0 Å². The van der Waals surface area contributed by atoms with E-state index in [1.807, 2.05) is 42.6 Å². The van der Waals surface area contributed by atoms with Gasteiger partial charge < -0.3 is 10.3 Å². The zero-order chi connectivity index (χ0) is 13.2. The van der Waals surface area contributed by atoms with Crippen molar-refractivity contribution in [2.45, 2.75) is 6.54 Å². The van der Waals surface area contributed by atoms with Gasteiger partial charge in [0.25, 0.3) is 0 Å². The van der Waals surface area contributed by atoms with E-state index in [1.165, 1.54) is 5.56 Å². The molecule has 0 aliphatic rings. The Bertz CT molecular complexity index is 726. The summed E-state index contributed by atoms with van der Waals surface area (Å²) < 4.78 is 2.18. The first-order valence-electron chi connectivity index (χ1n) is 6.22. The van der Waals surface area contributed by atoms with Crippen LogP contribution in [0.15, 0.2) is 60.8 Å². The third-order valence-electron chi connectivity index (χ3n) is 3.30. The van der Waals surface area contributed by atoms with E-state index in [0.29, 0.717) is 0 Å². The highest BCUT2D eigenvalue weighted by atomic mass is 14.9. The van der Waals surface area contributed by atoms with Gasteiger partial charge in [-0.15, -0.1) is 0 Å². The van der Waals surface area contributed by atoms with Crippen molar-refractivity contribution >= 4 is 16.7 Å². The third kappa shape index (κ3) is 2.10. The number of hydrogen-bond donors (Lipinski definition) is 2. The van der Waals surface area contributed by atoms with Gasteiger partial charge in [0, 0.05) is 29.2 Å². The highest BCUT2D eigenvalue weighted by Gasteiger charge is 2.07. The maximum absolute atomic E-state index is 7.62. The number of nitrogens with one attached hydrogen (secondary N) is 1. The fourth-order valence-corrected chi connectivity index (χ4v) is 2.38. The number of hydrogen-bond acceptors (Lipinski definition) is 1. The molecule has 0 spiro atoms.